The average Bonchev–Trinajstić information content (AvgIpc) is 3.21. The fourth-order valence-corrected chi connectivity index (χ4v) is 3.29. The summed E-state index contributed by atoms with van der Waals surface area (Å²) in [6.45, 7) is 4.74. The Kier molecular flexibility index (Phi) is 6.46. The van der Waals surface area contributed by atoms with Gasteiger partial charge in [-0.05, 0) is 44.2 Å². The van der Waals surface area contributed by atoms with Gasteiger partial charge in [-0.25, -0.2) is 4.79 Å². The molecular weight excluding hydrogens is 332 g/mol. The van der Waals surface area contributed by atoms with Crippen molar-refractivity contribution in [2.45, 2.75) is 38.5 Å². The number of aromatic nitrogens is 2. The molecule has 0 bridgehead atoms. The molecule has 1 fully saturated rings. The van der Waals surface area contributed by atoms with Gasteiger partial charge in [-0.2, -0.15) is 4.98 Å². The number of nitrogens with one attached hydrogen (secondary N) is 1. The molecule has 0 aliphatic carbocycles. The molecule has 7 nitrogen and oxygen atoms in total. The van der Waals surface area contributed by atoms with E-state index in [9.17, 15) is 4.79 Å². The molecule has 26 heavy (non-hydrogen) atoms. The van der Waals surface area contributed by atoms with Gasteiger partial charge in [-0.15, -0.1) is 0 Å². The number of urea groups is 1. The third-order valence-electron chi connectivity index (χ3n) is 4.70. The van der Waals surface area contributed by atoms with E-state index >= 15 is 0 Å². The number of piperidine rings is 1. The minimum atomic E-state index is 0.00894. The lowest BCUT2D eigenvalue weighted by atomic mass is 9.96. The molecule has 0 unspecified atom stereocenters. The molecule has 1 aliphatic rings. The van der Waals surface area contributed by atoms with Crippen LogP contribution in [0.4, 0.5) is 4.79 Å². The van der Waals surface area contributed by atoms with Gasteiger partial charge in [0, 0.05) is 25.6 Å². The number of aryl methyl sites for hydroxylation is 1. The highest BCUT2D eigenvalue weighted by molar-refractivity contribution is 5.74. The monoisotopic (exact) mass is 358 g/mol. The zero-order chi connectivity index (χ0) is 18.2. The van der Waals surface area contributed by atoms with E-state index in [-0.39, 0.29) is 11.9 Å². The zero-order valence-electron chi connectivity index (χ0n) is 15.2. The summed E-state index contributed by atoms with van der Waals surface area (Å²) < 4.78 is 10.4. The SMILES string of the molecule is CCOc1ccccc1CCCNC(=O)N1CCC(c2ncon2)CC1. The molecule has 0 atom stereocenters. The average molecular weight is 358 g/mol. The summed E-state index contributed by atoms with van der Waals surface area (Å²) in [6, 6.07) is 8.08. The van der Waals surface area contributed by atoms with Gasteiger partial charge in [-0.1, -0.05) is 23.4 Å². The molecule has 1 aliphatic heterocycles. The molecule has 0 saturated carbocycles. The maximum absolute atomic E-state index is 12.3. The van der Waals surface area contributed by atoms with Crippen molar-refractivity contribution in [2.24, 2.45) is 0 Å². The standard InChI is InChI=1S/C19H26N4O3/c1-2-25-17-8-4-3-6-15(17)7-5-11-20-19(24)23-12-9-16(10-13-23)18-21-14-26-22-18/h3-4,6,8,14,16H,2,5,7,9-13H2,1H3,(H,20,24). The van der Waals surface area contributed by atoms with Crippen molar-refractivity contribution in [3.63, 3.8) is 0 Å². The van der Waals surface area contributed by atoms with E-state index in [1.807, 2.05) is 30.0 Å². The number of hydrogen-bond acceptors (Lipinski definition) is 5. The van der Waals surface area contributed by atoms with E-state index in [1.165, 1.54) is 12.0 Å². The van der Waals surface area contributed by atoms with Gasteiger partial charge >= 0.3 is 6.03 Å². The van der Waals surface area contributed by atoms with Crippen LogP contribution in [0.5, 0.6) is 5.75 Å². The van der Waals surface area contributed by atoms with Gasteiger partial charge in [0.05, 0.1) is 6.61 Å². The summed E-state index contributed by atoms with van der Waals surface area (Å²) in [7, 11) is 0. The second-order valence-electron chi connectivity index (χ2n) is 6.43. The van der Waals surface area contributed by atoms with Gasteiger partial charge < -0.3 is 19.5 Å². The predicted octanol–water partition coefficient (Wildman–Crippen LogP) is 2.99. The Hall–Kier alpha value is -2.57. The second kappa shape index (κ2) is 9.22. The van der Waals surface area contributed by atoms with E-state index in [4.69, 9.17) is 9.26 Å². The van der Waals surface area contributed by atoms with Crippen molar-refractivity contribution in [1.29, 1.82) is 0 Å². The summed E-state index contributed by atoms with van der Waals surface area (Å²) in [5.74, 6) is 1.97. The number of benzene rings is 1. The highest BCUT2D eigenvalue weighted by Gasteiger charge is 2.25. The molecule has 0 radical (unpaired) electrons. The predicted molar refractivity (Wildman–Crippen MR) is 97.2 cm³/mol. The fraction of sp³-hybridized carbons (Fsp3) is 0.526. The number of para-hydroxylation sites is 1. The Labute approximate surface area is 153 Å². The van der Waals surface area contributed by atoms with Crippen LogP contribution in [0.2, 0.25) is 0 Å². The molecular formula is C19H26N4O3. The van der Waals surface area contributed by atoms with Gasteiger partial charge in [-0.3, -0.25) is 0 Å². The Morgan fingerprint density at radius 2 is 2.15 bits per heavy atom. The number of nitrogens with zero attached hydrogens (tertiary/aromatic N) is 3. The molecule has 2 aromatic rings. The molecule has 3 rings (SSSR count). The first kappa shape index (κ1) is 18.2. The second-order valence-corrected chi connectivity index (χ2v) is 6.43. The van der Waals surface area contributed by atoms with Crippen LogP contribution in [0.1, 0.15) is 43.5 Å². The first-order chi connectivity index (χ1) is 12.8. The third-order valence-corrected chi connectivity index (χ3v) is 4.70. The van der Waals surface area contributed by atoms with Crippen LogP contribution in [0.25, 0.3) is 0 Å². The molecule has 1 aromatic heterocycles. The molecule has 1 saturated heterocycles. The van der Waals surface area contributed by atoms with Crippen molar-refractivity contribution in [1.82, 2.24) is 20.4 Å². The maximum atomic E-state index is 12.3. The van der Waals surface area contributed by atoms with Crippen molar-refractivity contribution < 1.29 is 14.1 Å². The first-order valence-electron chi connectivity index (χ1n) is 9.27. The molecule has 1 N–H and O–H groups in total. The van der Waals surface area contributed by atoms with Gasteiger partial charge in [0.1, 0.15) is 5.75 Å². The number of likely N-dealkylation sites (tertiary alicyclic amines) is 1. The number of carbonyl (C=O) groups excluding carboxylic acids is 1. The molecule has 0 spiro atoms. The summed E-state index contributed by atoms with van der Waals surface area (Å²) in [5.41, 5.74) is 1.18. The summed E-state index contributed by atoms with van der Waals surface area (Å²) in [6.07, 6.45) is 4.87. The van der Waals surface area contributed by atoms with Crippen LogP contribution >= 0.6 is 0 Å². The van der Waals surface area contributed by atoms with Gasteiger partial charge in [0.15, 0.2) is 5.82 Å². The first-order valence-corrected chi connectivity index (χ1v) is 9.27. The molecule has 2 amide bonds. The number of carbonyl (C=O) groups is 1. The van der Waals surface area contributed by atoms with E-state index < -0.39 is 0 Å². The summed E-state index contributed by atoms with van der Waals surface area (Å²) in [4.78, 5) is 18.3. The van der Waals surface area contributed by atoms with E-state index in [0.29, 0.717) is 13.2 Å². The summed E-state index contributed by atoms with van der Waals surface area (Å²) in [5, 5.41) is 6.92. The van der Waals surface area contributed by atoms with Crippen molar-refractivity contribution in [3.8, 4) is 5.75 Å². The van der Waals surface area contributed by atoms with E-state index in [1.54, 1.807) is 0 Å². The number of amides is 2. The van der Waals surface area contributed by atoms with E-state index in [2.05, 4.69) is 21.5 Å². The van der Waals surface area contributed by atoms with Crippen LogP contribution in [0.15, 0.2) is 35.2 Å². The maximum Gasteiger partial charge on any atom is 0.317 e. The third kappa shape index (κ3) is 4.74. The van der Waals surface area contributed by atoms with Crippen LogP contribution in [-0.4, -0.2) is 47.3 Å². The van der Waals surface area contributed by atoms with Crippen LogP contribution in [0, 0.1) is 0 Å². The lowest BCUT2D eigenvalue weighted by Gasteiger charge is -2.30. The van der Waals surface area contributed by atoms with Crippen LogP contribution < -0.4 is 10.1 Å². The van der Waals surface area contributed by atoms with Crippen LogP contribution in [0.3, 0.4) is 0 Å². The topological polar surface area (TPSA) is 80.5 Å². The largest absolute Gasteiger partial charge is 0.494 e. The highest BCUT2D eigenvalue weighted by atomic mass is 16.5. The fourth-order valence-electron chi connectivity index (χ4n) is 3.29. The molecule has 1 aromatic carbocycles. The van der Waals surface area contributed by atoms with Crippen molar-refractivity contribution in [3.05, 3.63) is 42.0 Å². The lowest BCUT2D eigenvalue weighted by Crippen LogP contribution is -2.44. The normalized spacial score (nSPS) is 15.0. The Morgan fingerprint density at radius 1 is 1.35 bits per heavy atom. The molecule has 2 heterocycles. The van der Waals surface area contributed by atoms with E-state index in [0.717, 1.165) is 50.3 Å². The van der Waals surface area contributed by atoms with Crippen molar-refractivity contribution >= 4 is 6.03 Å². The Balaban J connectivity index is 1.37. The number of rotatable bonds is 7. The lowest BCUT2D eigenvalue weighted by molar-refractivity contribution is 0.180. The zero-order valence-corrected chi connectivity index (χ0v) is 15.2. The minimum absolute atomic E-state index is 0.00894. The molecule has 7 heteroatoms. The summed E-state index contributed by atoms with van der Waals surface area (Å²) >= 11 is 0. The Morgan fingerprint density at radius 3 is 2.88 bits per heavy atom. The van der Waals surface area contributed by atoms with Gasteiger partial charge in [0.25, 0.3) is 0 Å². The van der Waals surface area contributed by atoms with Crippen molar-refractivity contribution in [2.75, 3.05) is 26.2 Å². The smallest absolute Gasteiger partial charge is 0.317 e. The van der Waals surface area contributed by atoms with Gasteiger partial charge in [0.2, 0.25) is 6.39 Å². The number of ether oxygens (including phenoxy) is 1. The van der Waals surface area contributed by atoms with Crippen LogP contribution in [-0.2, 0) is 6.42 Å². The number of hydrogen-bond donors (Lipinski definition) is 1. The highest BCUT2D eigenvalue weighted by Crippen LogP contribution is 2.25. The Bertz CT molecular complexity index is 682. The minimum Gasteiger partial charge on any atom is -0.494 e. The quantitative estimate of drug-likeness (QED) is 0.770. The molecule has 140 valence electrons.